The van der Waals surface area contributed by atoms with Gasteiger partial charge in [-0.3, -0.25) is 0 Å². The van der Waals surface area contributed by atoms with Crippen molar-refractivity contribution in [2.45, 2.75) is 32.6 Å². The normalized spacial score (nSPS) is 27.8. The van der Waals surface area contributed by atoms with Gasteiger partial charge in [-0.15, -0.1) is 0 Å². The van der Waals surface area contributed by atoms with Gasteiger partial charge >= 0.3 is 0 Å². The molecule has 1 heterocycles. The van der Waals surface area contributed by atoms with Crippen LogP contribution in [-0.4, -0.2) is 13.1 Å². The van der Waals surface area contributed by atoms with Gasteiger partial charge < -0.3 is 5.32 Å². The Bertz CT molecular complexity index is 282. The van der Waals surface area contributed by atoms with Gasteiger partial charge in [0.25, 0.3) is 0 Å². The largest absolute Gasteiger partial charge is 0.316 e. The highest BCUT2D eigenvalue weighted by atomic mass is 14.9. The highest BCUT2D eigenvalue weighted by Gasteiger charge is 2.28. The van der Waals surface area contributed by atoms with E-state index in [0.29, 0.717) is 0 Å². The van der Waals surface area contributed by atoms with E-state index >= 15 is 0 Å². The number of rotatable bonds is 0. The molecular weight excluding hydrogens is 194 g/mol. The summed E-state index contributed by atoms with van der Waals surface area (Å²) in [6.07, 6.45) is 5.97. The molecule has 1 aliphatic heterocycles. The molecule has 1 nitrogen and oxygen atoms in total. The fourth-order valence-corrected chi connectivity index (χ4v) is 2.81. The van der Waals surface area contributed by atoms with Gasteiger partial charge in [0.2, 0.25) is 0 Å². The van der Waals surface area contributed by atoms with E-state index in [0.717, 1.165) is 11.8 Å². The van der Waals surface area contributed by atoms with E-state index in [1.807, 2.05) is 18.2 Å². The maximum Gasteiger partial charge on any atom is -0.00173 e. The second kappa shape index (κ2) is 6.05. The second-order valence-electron chi connectivity index (χ2n) is 5.12. The zero-order chi connectivity index (χ0) is 11.2. The molecule has 0 radical (unpaired) electrons. The molecule has 2 fully saturated rings. The molecule has 1 saturated heterocycles. The Kier molecular flexibility index (Phi) is 4.41. The van der Waals surface area contributed by atoms with Crippen molar-refractivity contribution < 1.29 is 0 Å². The molecule has 1 N–H and O–H groups in total. The first kappa shape index (κ1) is 11.7. The number of aryl methyl sites for hydroxylation is 1. The van der Waals surface area contributed by atoms with E-state index in [9.17, 15) is 0 Å². The van der Waals surface area contributed by atoms with Gasteiger partial charge in [-0.25, -0.2) is 0 Å². The van der Waals surface area contributed by atoms with Crippen LogP contribution in [0.15, 0.2) is 30.3 Å². The van der Waals surface area contributed by atoms with Crippen molar-refractivity contribution >= 4 is 0 Å². The van der Waals surface area contributed by atoms with Crippen LogP contribution in [-0.2, 0) is 0 Å². The van der Waals surface area contributed by atoms with E-state index in [4.69, 9.17) is 0 Å². The Balaban J connectivity index is 0.000000125. The van der Waals surface area contributed by atoms with Crippen molar-refractivity contribution in [2.75, 3.05) is 13.1 Å². The van der Waals surface area contributed by atoms with E-state index < -0.39 is 0 Å². The molecule has 1 heteroatoms. The predicted molar refractivity (Wildman–Crippen MR) is 69.5 cm³/mol. The lowest BCUT2D eigenvalue weighted by atomic mass is 9.82. The third-order valence-electron chi connectivity index (χ3n) is 3.82. The lowest BCUT2D eigenvalue weighted by Gasteiger charge is -2.23. The van der Waals surface area contributed by atoms with Crippen molar-refractivity contribution in [3.63, 3.8) is 0 Å². The zero-order valence-electron chi connectivity index (χ0n) is 10.3. The highest BCUT2D eigenvalue weighted by Crippen LogP contribution is 2.31. The minimum atomic E-state index is 1.05. The fraction of sp³-hybridized carbons (Fsp3) is 0.600. The minimum absolute atomic E-state index is 1.05. The van der Waals surface area contributed by atoms with Crippen LogP contribution in [0.2, 0.25) is 0 Å². The van der Waals surface area contributed by atoms with Gasteiger partial charge in [0.05, 0.1) is 0 Å². The van der Waals surface area contributed by atoms with Crippen molar-refractivity contribution in [3.8, 4) is 0 Å². The smallest absolute Gasteiger partial charge is 0.00173 e. The van der Waals surface area contributed by atoms with Crippen molar-refractivity contribution in [3.05, 3.63) is 35.9 Å². The summed E-state index contributed by atoms with van der Waals surface area (Å²) in [6.45, 7) is 4.70. The van der Waals surface area contributed by atoms with Crippen molar-refractivity contribution in [1.29, 1.82) is 0 Å². The fourth-order valence-electron chi connectivity index (χ4n) is 2.81. The summed E-state index contributed by atoms with van der Waals surface area (Å²) in [6, 6.07) is 10.3. The van der Waals surface area contributed by atoms with Gasteiger partial charge in [-0.05, 0) is 44.7 Å². The standard InChI is InChI=1S/C8H15N.C7H8/c1-2-4-8-6-9-5-7(8)3-1;1-7-5-3-2-4-6-7/h7-9H,1-6H2;2-6H,1H3. The maximum atomic E-state index is 3.46. The zero-order valence-corrected chi connectivity index (χ0v) is 10.3. The molecule has 2 unspecified atom stereocenters. The molecule has 88 valence electrons. The average molecular weight is 217 g/mol. The van der Waals surface area contributed by atoms with Crippen LogP contribution in [0.5, 0.6) is 0 Å². The molecular formula is C15H23N. The van der Waals surface area contributed by atoms with Crippen LogP contribution in [0, 0.1) is 18.8 Å². The first-order chi connectivity index (χ1) is 7.86. The number of fused-ring (bicyclic) bond motifs is 1. The minimum Gasteiger partial charge on any atom is -0.316 e. The third kappa shape index (κ3) is 3.34. The second-order valence-corrected chi connectivity index (χ2v) is 5.12. The number of benzene rings is 1. The van der Waals surface area contributed by atoms with E-state index in [-0.39, 0.29) is 0 Å². The number of hydrogen-bond donors (Lipinski definition) is 1. The first-order valence-corrected chi connectivity index (χ1v) is 6.58. The Morgan fingerprint density at radius 3 is 1.94 bits per heavy atom. The Morgan fingerprint density at radius 1 is 0.938 bits per heavy atom. The third-order valence-corrected chi connectivity index (χ3v) is 3.82. The number of nitrogens with one attached hydrogen (secondary N) is 1. The topological polar surface area (TPSA) is 12.0 Å². The molecule has 1 aromatic carbocycles. The molecule has 1 aliphatic carbocycles. The quantitative estimate of drug-likeness (QED) is 0.702. The Labute approximate surface area is 99.3 Å². The van der Waals surface area contributed by atoms with Crippen LogP contribution in [0.25, 0.3) is 0 Å². The molecule has 0 bridgehead atoms. The van der Waals surface area contributed by atoms with E-state index in [1.165, 1.54) is 44.3 Å². The monoisotopic (exact) mass is 217 g/mol. The van der Waals surface area contributed by atoms with Crippen LogP contribution in [0.4, 0.5) is 0 Å². The Hall–Kier alpha value is -0.820. The molecule has 16 heavy (non-hydrogen) atoms. The van der Waals surface area contributed by atoms with E-state index in [1.54, 1.807) is 0 Å². The van der Waals surface area contributed by atoms with Crippen LogP contribution in [0.1, 0.15) is 31.2 Å². The van der Waals surface area contributed by atoms with Gasteiger partial charge in [-0.2, -0.15) is 0 Å². The summed E-state index contributed by atoms with van der Waals surface area (Å²) in [5.41, 5.74) is 1.32. The van der Waals surface area contributed by atoms with Gasteiger partial charge in [0.1, 0.15) is 0 Å². The van der Waals surface area contributed by atoms with Crippen molar-refractivity contribution in [1.82, 2.24) is 5.32 Å². The summed E-state index contributed by atoms with van der Waals surface area (Å²) in [5, 5.41) is 3.46. The lowest BCUT2D eigenvalue weighted by Crippen LogP contribution is -2.16. The summed E-state index contributed by atoms with van der Waals surface area (Å²) in [4.78, 5) is 0. The number of hydrogen-bond acceptors (Lipinski definition) is 1. The maximum absolute atomic E-state index is 3.46. The average Bonchev–Trinajstić information content (AvgIpc) is 2.79. The van der Waals surface area contributed by atoms with Crippen LogP contribution < -0.4 is 5.32 Å². The summed E-state index contributed by atoms with van der Waals surface area (Å²) < 4.78 is 0. The molecule has 0 amide bonds. The van der Waals surface area contributed by atoms with Gasteiger partial charge in [-0.1, -0.05) is 48.7 Å². The van der Waals surface area contributed by atoms with Gasteiger partial charge in [0.15, 0.2) is 0 Å². The highest BCUT2D eigenvalue weighted by molar-refractivity contribution is 5.11. The van der Waals surface area contributed by atoms with Crippen molar-refractivity contribution in [2.24, 2.45) is 11.8 Å². The van der Waals surface area contributed by atoms with E-state index in [2.05, 4.69) is 24.4 Å². The summed E-state index contributed by atoms with van der Waals surface area (Å²) in [5.74, 6) is 2.11. The summed E-state index contributed by atoms with van der Waals surface area (Å²) in [7, 11) is 0. The lowest BCUT2D eigenvalue weighted by molar-refractivity contribution is 0.299. The Morgan fingerprint density at radius 2 is 1.50 bits per heavy atom. The SMILES string of the molecule is C1CCC2CNCC2C1.Cc1ccccc1. The molecule has 1 aromatic rings. The molecule has 3 rings (SSSR count). The molecule has 2 atom stereocenters. The molecule has 2 aliphatic rings. The summed E-state index contributed by atoms with van der Waals surface area (Å²) >= 11 is 0. The van der Waals surface area contributed by atoms with Gasteiger partial charge in [0, 0.05) is 0 Å². The molecule has 0 aromatic heterocycles. The molecule has 0 spiro atoms. The first-order valence-electron chi connectivity index (χ1n) is 6.58. The van der Waals surface area contributed by atoms with Crippen LogP contribution >= 0.6 is 0 Å². The van der Waals surface area contributed by atoms with Crippen LogP contribution in [0.3, 0.4) is 0 Å². The molecule has 1 saturated carbocycles. The predicted octanol–water partition coefficient (Wildman–Crippen LogP) is 3.39.